The second kappa shape index (κ2) is 10.00. The van der Waals surface area contributed by atoms with Crippen LogP contribution in [0.3, 0.4) is 0 Å². The minimum Gasteiger partial charge on any atom is -0.361 e. The fraction of sp³-hybridized carbons (Fsp3) is 0.524. The first-order chi connectivity index (χ1) is 12.9. The highest BCUT2D eigenvalue weighted by molar-refractivity contribution is 5.86. The number of hydrogen-bond acceptors (Lipinski definition) is 2. The smallest absolute Gasteiger partial charge is 0.243 e. The highest BCUT2D eigenvalue weighted by Gasteiger charge is 2.08. The molecule has 3 N–H and O–H groups in total. The molecule has 6 nitrogen and oxygen atoms in total. The number of guanidine groups is 1. The largest absolute Gasteiger partial charge is 0.361 e. The molecule has 2 rings (SSSR count). The van der Waals surface area contributed by atoms with Crippen molar-refractivity contribution in [3.05, 3.63) is 35.5 Å². The van der Waals surface area contributed by atoms with Crippen molar-refractivity contribution in [1.29, 1.82) is 0 Å². The van der Waals surface area contributed by atoms with Crippen LogP contribution in [0, 0.1) is 5.92 Å². The van der Waals surface area contributed by atoms with Crippen LogP contribution in [0.15, 0.2) is 29.4 Å². The molecule has 1 aromatic carbocycles. The van der Waals surface area contributed by atoms with E-state index in [1.54, 1.807) is 19.0 Å². The number of aromatic nitrogens is 1. The second-order valence-electron chi connectivity index (χ2n) is 7.41. The Morgan fingerprint density at radius 1 is 1.22 bits per heavy atom. The third-order valence-corrected chi connectivity index (χ3v) is 4.50. The number of aromatic amines is 1. The molecular formula is C21H33N5O. The monoisotopic (exact) mass is 371 g/mol. The van der Waals surface area contributed by atoms with E-state index in [2.05, 4.69) is 65.8 Å². The number of amides is 1. The van der Waals surface area contributed by atoms with Gasteiger partial charge < -0.3 is 20.5 Å². The van der Waals surface area contributed by atoms with Gasteiger partial charge in [-0.15, -0.1) is 0 Å². The molecule has 0 radical (unpaired) electrons. The van der Waals surface area contributed by atoms with Crippen LogP contribution >= 0.6 is 0 Å². The van der Waals surface area contributed by atoms with Gasteiger partial charge in [0.15, 0.2) is 5.96 Å². The van der Waals surface area contributed by atoms with E-state index in [-0.39, 0.29) is 12.5 Å². The zero-order valence-corrected chi connectivity index (χ0v) is 17.2. The van der Waals surface area contributed by atoms with Crippen LogP contribution in [-0.4, -0.2) is 55.5 Å². The molecule has 6 heteroatoms. The number of H-pyrrole nitrogens is 1. The third-order valence-electron chi connectivity index (χ3n) is 4.50. The SMILES string of the molecule is CCc1cccc2c(CCNC(=NCC(=O)N(C)C)NCC(C)C)c[nH]c12. The van der Waals surface area contributed by atoms with E-state index in [0.29, 0.717) is 11.9 Å². The van der Waals surface area contributed by atoms with Crippen LogP contribution in [0.1, 0.15) is 31.9 Å². The predicted molar refractivity (Wildman–Crippen MR) is 113 cm³/mol. The Balaban J connectivity index is 2.00. The molecule has 0 fully saturated rings. The van der Waals surface area contributed by atoms with E-state index in [9.17, 15) is 4.79 Å². The number of fused-ring (bicyclic) bond motifs is 1. The number of rotatable bonds is 8. The Morgan fingerprint density at radius 2 is 2.00 bits per heavy atom. The molecule has 0 saturated carbocycles. The summed E-state index contributed by atoms with van der Waals surface area (Å²) in [5, 5.41) is 7.95. The van der Waals surface area contributed by atoms with Gasteiger partial charge >= 0.3 is 0 Å². The average molecular weight is 372 g/mol. The maximum absolute atomic E-state index is 11.8. The zero-order valence-electron chi connectivity index (χ0n) is 17.2. The second-order valence-corrected chi connectivity index (χ2v) is 7.41. The number of hydrogen-bond donors (Lipinski definition) is 3. The van der Waals surface area contributed by atoms with Crippen LogP contribution in [0.5, 0.6) is 0 Å². The summed E-state index contributed by atoms with van der Waals surface area (Å²) < 4.78 is 0. The molecule has 0 unspecified atom stereocenters. The lowest BCUT2D eigenvalue weighted by molar-refractivity contribution is -0.127. The molecule has 0 aliphatic heterocycles. The van der Waals surface area contributed by atoms with Gasteiger partial charge in [-0.2, -0.15) is 0 Å². The summed E-state index contributed by atoms with van der Waals surface area (Å²) in [6.07, 6.45) is 4.00. The first-order valence-corrected chi connectivity index (χ1v) is 9.72. The van der Waals surface area contributed by atoms with Crippen molar-refractivity contribution in [3.63, 3.8) is 0 Å². The highest BCUT2D eigenvalue weighted by Crippen LogP contribution is 2.22. The predicted octanol–water partition coefficient (Wildman–Crippen LogP) is 2.55. The minimum atomic E-state index is -0.00984. The summed E-state index contributed by atoms with van der Waals surface area (Å²) in [5.74, 6) is 1.18. The van der Waals surface area contributed by atoms with Crippen molar-refractivity contribution in [3.8, 4) is 0 Å². The van der Waals surface area contributed by atoms with E-state index >= 15 is 0 Å². The fourth-order valence-corrected chi connectivity index (χ4v) is 2.86. The maximum atomic E-state index is 11.8. The van der Waals surface area contributed by atoms with E-state index in [4.69, 9.17) is 0 Å². The molecule has 0 spiro atoms. The summed E-state index contributed by atoms with van der Waals surface area (Å²) in [5.41, 5.74) is 3.87. The van der Waals surface area contributed by atoms with Gasteiger partial charge in [-0.1, -0.05) is 39.0 Å². The lowest BCUT2D eigenvalue weighted by atomic mass is 10.1. The van der Waals surface area contributed by atoms with Gasteiger partial charge in [-0.25, -0.2) is 4.99 Å². The summed E-state index contributed by atoms with van der Waals surface area (Å²) in [6.45, 7) is 8.18. The molecule has 27 heavy (non-hydrogen) atoms. The fourth-order valence-electron chi connectivity index (χ4n) is 2.86. The van der Waals surface area contributed by atoms with Crippen LogP contribution in [0.25, 0.3) is 10.9 Å². The lowest BCUT2D eigenvalue weighted by Crippen LogP contribution is -2.41. The van der Waals surface area contributed by atoms with E-state index in [1.807, 2.05) is 0 Å². The number of likely N-dealkylation sites (N-methyl/N-ethyl adjacent to an activating group) is 1. The summed E-state index contributed by atoms with van der Waals surface area (Å²) in [6, 6.07) is 6.46. The van der Waals surface area contributed by atoms with Gasteiger partial charge in [0.05, 0.1) is 0 Å². The van der Waals surface area contributed by atoms with Gasteiger partial charge in [0.1, 0.15) is 6.54 Å². The minimum absolute atomic E-state index is 0.00984. The van der Waals surface area contributed by atoms with E-state index < -0.39 is 0 Å². The Bertz CT molecular complexity index is 776. The number of nitrogens with zero attached hydrogens (tertiary/aromatic N) is 2. The van der Waals surface area contributed by atoms with Crippen LogP contribution in [-0.2, 0) is 17.6 Å². The molecule has 0 saturated heterocycles. The highest BCUT2D eigenvalue weighted by atomic mass is 16.2. The molecule has 0 aliphatic carbocycles. The molecule has 1 amide bonds. The number of carbonyl (C=O) groups excluding carboxylic acids is 1. The molecule has 1 heterocycles. The zero-order chi connectivity index (χ0) is 19.8. The first kappa shape index (κ1) is 20.8. The van der Waals surface area contributed by atoms with Gasteiger partial charge in [0, 0.05) is 44.3 Å². The molecule has 0 atom stereocenters. The molecule has 1 aromatic heterocycles. The third kappa shape index (κ3) is 6.01. The number of aliphatic imine (C=N–C) groups is 1. The Hall–Kier alpha value is -2.50. The van der Waals surface area contributed by atoms with Gasteiger partial charge in [0.25, 0.3) is 0 Å². The standard InChI is InChI=1S/C21H33N5O/c1-6-16-8-7-9-18-17(13-23-20(16)18)10-11-22-21(24-12-15(2)3)25-14-19(27)26(4)5/h7-9,13,15,23H,6,10-12,14H2,1-5H3,(H2,22,24,25). The van der Waals surface area contributed by atoms with Gasteiger partial charge in [-0.3, -0.25) is 4.79 Å². The van der Waals surface area contributed by atoms with Crippen LogP contribution in [0.4, 0.5) is 0 Å². The lowest BCUT2D eigenvalue weighted by Gasteiger charge is -2.15. The van der Waals surface area contributed by atoms with Gasteiger partial charge in [-0.05, 0) is 29.9 Å². The van der Waals surface area contributed by atoms with Crippen molar-refractivity contribution >= 4 is 22.8 Å². The van der Waals surface area contributed by atoms with Crippen molar-refractivity contribution in [2.24, 2.45) is 10.9 Å². The van der Waals surface area contributed by atoms with E-state index in [0.717, 1.165) is 25.9 Å². The topological polar surface area (TPSA) is 72.5 Å². The summed E-state index contributed by atoms with van der Waals surface area (Å²) >= 11 is 0. The Kier molecular flexibility index (Phi) is 7.70. The quantitative estimate of drug-likeness (QED) is 0.493. The molecule has 0 bridgehead atoms. The van der Waals surface area contributed by atoms with Crippen LogP contribution in [0.2, 0.25) is 0 Å². The van der Waals surface area contributed by atoms with E-state index in [1.165, 1.54) is 22.0 Å². The average Bonchev–Trinajstić information content (AvgIpc) is 3.06. The molecule has 2 aromatic rings. The maximum Gasteiger partial charge on any atom is 0.243 e. The van der Waals surface area contributed by atoms with Crippen LogP contribution < -0.4 is 10.6 Å². The number of nitrogens with one attached hydrogen (secondary N) is 3. The number of para-hydroxylation sites is 1. The number of benzene rings is 1. The Labute approximate surface area is 162 Å². The first-order valence-electron chi connectivity index (χ1n) is 9.72. The summed E-state index contributed by atoms with van der Waals surface area (Å²) in [4.78, 5) is 21.2. The number of aryl methyl sites for hydroxylation is 1. The van der Waals surface area contributed by atoms with Crippen molar-refractivity contribution in [2.75, 3.05) is 33.7 Å². The van der Waals surface area contributed by atoms with Crippen molar-refractivity contribution in [2.45, 2.75) is 33.6 Å². The number of carbonyl (C=O) groups is 1. The van der Waals surface area contributed by atoms with Crippen molar-refractivity contribution < 1.29 is 4.79 Å². The Morgan fingerprint density at radius 3 is 2.67 bits per heavy atom. The van der Waals surface area contributed by atoms with Crippen molar-refractivity contribution in [1.82, 2.24) is 20.5 Å². The van der Waals surface area contributed by atoms with Gasteiger partial charge in [0.2, 0.25) is 5.91 Å². The molecular weight excluding hydrogens is 338 g/mol. The normalized spacial score (nSPS) is 11.9. The molecule has 148 valence electrons. The molecule has 0 aliphatic rings. The summed E-state index contributed by atoms with van der Waals surface area (Å²) in [7, 11) is 3.49.